The topological polar surface area (TPSA) is 55.2 Å². The smallest absolute Gasteiger partial charge is 0.288 e. The molecule has 0 heterocycles. The average molecular weight is 283 g/mol. The molecule has 0 aliphatic carbocycles. The van der Waals surface area contributed by atoms with E-state index in [0.29, 0.717) is 0 Å². The van der Waals surface area contributed by atoms with E-state index < -0.39 is 4.92 Å². The van der Waals surface area contributed by atoms with Gasteiger partial charge < -0.3 is 5.32 Å². The van der Waals surface area contributed by atoms with Gasteiger partial charge in [0, 0.05) is 18.2 Å². The molecular formula is C14H19ClN2O2. The SMILES string of the molecule is CC(=Cc1ccc(Cl)c([N+](=O)[O-])c1)CNC(C)(C)C. The number of rotatable bonds is 4. The largest absolute Gasteiger partial charge is 0.308 e. The molecular weight excluding hydrogens is 264 g/mol. The first-order chi connectivity index (χ1) is 8.69. The number of halogens is 1. The van der Waals surface area contributed by atoms with E-state index in [0.717, 1.165) is 17.7 Å². The standard InChI is InChI=1S/C14H19ClN2O2/c1-10(9-16-14(2,3)4)7-11-5-6-12(15)13(8-11)17(18)19/h5-8,16H,9H2,1-4H3. The first-order valence-corrected chi connectivity index (χ1v) is 6.43. The van der Waals surface area contributed by atoms with Crippen LogP contribution in [0.2, 0.25) is 5.02 Å². The van der Waals surface area contributed by atoms with Crippen LogP contribution in [0.15, 0.2) is 23.8 Å². The maximum atomic E-state index is 10.8. The highest BCUT2D eigenvalue weighted by molar-refractivity contribution is 6.32. The zero-order chi connectivity index (χ0) is 14.6. The molecule has 0 atom stereocenters. The number of nitrogens with zero attached hydrogens (tertiary/aromatic N) is 1. The van der Waals surface area contributed by atoms with Crippen molar-refractivity contribution in [3.63, 3.8) is 0 Å². The van der Waals surface area contributed by atoms with Gasteiger partial charge >= 0.3 is 0 Å². The van der Waals surface area contributed by atoms with Crippen molar-refractivity contribution in [2.45, 2.75) is 33.2 Å². The van der Waals surface area contributed by atoms with Gasteiger partial charge in [0.15, 0.2) is 0 Å². The zero-order valence-corrected chi connectivity index (χ0v) is 12.4. The molecule has 1 N–H and O–H groups in total. The predicted octanol–water partition coefficient (Wildman–Crippen LogP) is 4.04. The molecule has 0 saturated carbocycles. The summed E-state index contributed by atoms with van der Waals surface area (Å²) in [5.74, 6) is 0. The first kappa shape index (κ1) is 15.7. The van der Waals surface area contributed by atoms with Crippen LogP contribution in [0.5, 0.6) is 0 Å². The highest BCUT2D eigenvalue weighted by Crippen LogP contribution is 2.26. The summed E-state index contributed by atoms with van der Waals surface area (Å²) in [5, 5.41) is 14.3. The maximum Gasteiger partial charge on any atom is 0.288 e. The molecule has 0 fully saturated rings. The van der Waals surface area contributed by atoms with Gasteiger partial charge in [0.25, 0.3) is 5.69 Å². The van der Waals surface area contributed by atoms with E-state index >= 15 is 0 Å². The van der Waals surface area contributed by atoms with Crippen molar-refractivity contribution >= 4 is 23.4 Å². The summed E-state index contributed by atoms with van der Waals surface area (Å²) < 4.78 is 0. The summed E-state index contributed by atoms with van der Waals surface area (Å²) in [7, 11) is 0. The minimum absolute atomic E-state index is 0.0428. The van der Waals surface area contributed by atoms with Crippen LogP contribution >= 0.6 is 11.6 Å². The van der Waals surface area contributed by atoms with Crippen LogP contribution in [0, 0.1) is 10.1 Å². The fourth-order valence-corrected chi connectivity index (χ4v) is 1.69. The van der Waals surface area contributed by atoms with E-state index in [2.05, 4.69) is 26.1 Å². The second-order valence-electron chi connectivity index (χ2n) is 5.56. The molecule has 0 unspecified atom stereocenters. The second kappa shape index (κ2) is 6.17. The van der Waals surface area contributed by atoms with Gasteiger partial charge in [0.05, 0.1) is 4.92 Å². The minimum Gasteiger partial charge on any atom is -0.308 e. The monoisotopic (exact) mass is 282 g/mol. The van der Waals surface area contributed by atoms with Gasteiger partial charge in [-0.05, 0) is 39.3 Å². The summed E-state index contributed by atoms with van der Waals surface area (Å²) in [6.45, 7) is 8.99. The van der Waals surface area contributed by atoms with Crippen LogP contribution < -0.4 is 5.32 Å². The number of hydrogen-bond donors (Lipinski definition) is 1. The summed E-state index contributed by atoms with van der Waals surface area (Å²) in [5.41, 5.74) is 1.86. The molecule has 1 rings (SSSR count). The van der Waals surface area contributed by atoms with Crippen LogP contribution in [-0.4, -0.2) is 17.0 Å². The van der Waals surface area contributed by atoms with Crippen molar-refractivity contribution in [3.8, 4) is 0 Å². The van der Waals surface area contributed by atoms with Crippen LogP contribution in [0.3, 0.4) is 0 Å². The van der Waals surface area contributed by atoms with E-state index in [1.807, 2.05) is 13.0 Å². The lowest BCUT2D eigenvalue weighted by atomic mass is 10.1. The quantitative estimate of drug-likeness (QED) is 0.670. The van der Waals surface area contributed by atoms with Gasteiger partial charge in [-0.2, -0.15) is 0 Å². The number of nitro groups is 1. The van der Waals surface area contributed by atoms with Crippen molar-refractivity contribution in [2.24, 2.45) is 0 Å². The molecule has 0 bridgehead atoms. The van der Waals surface area contributed by atoms with Crippen molar-refractivity contribution in [1.82, 2.24) is 5.32 Å². The van der Waals surface area contributed by atoms with Gasteiger partial charge in [-0.3, -0.25) is 10.1 Å². The number of nitro benzene ring substituents is 1. The highest BCUT2D eigenvalue weighted by atomic mass is 35.5. The maximum absolute atomic E-state index is 10.8. The van der Waals surface area contributed by atoms with Crippen LogP contribution in [0.25, 0.3) is 6.08 Å². The fourth-order valence-electron chi connectivity index (χ4n) is 1.50. The fraction of sp³-hybridized carbons (Fsp3) is 0.429. The Hall–Kier alpha value is -1.39. The van der Waals surface area contributed by atoms with Gasteiger partial charge in [0.1, 0.15) is 5.02 Å². The molecule has 1 aromatic carbocycles. The van der Waals surface area contributed by atoms with Gasteiger partial charge in [-0.25, -0.2) is 0 Å². The van der Waals surface area contributed by atoms with Crippen LogP contribution in [0.4, 0.5) is 5.69 Å². The molecule has 0 aliphatic rings. The van der Waals surface area contributed by atoms with E-state index in [4.69, 9.17) is 11.6 Å². The van der Waals surface area contributed by atoms with E-state index in [9.17, 15) is 10.1 Å². The lowest BCUT2D eigenvalue weighted by Gasteiger charge is -2.20. The molecule has 0 radical (unpaired) electrons. The summed E-state index contributed by atoms with van der Waals surface area (Å²) in [6, 6.07) is 4.81. The van der Waals surface area contributed by atoms with E-state index in [1.54, 1.807) is 12.1 Å². The molecule has 5 heteroatoms. The van der Waals surface area contributed by atoms with E-state index in [-0.39, 0.29) is 16.2 Å². The van der Waals surface area contributed by atoms with Crippen molar-refractivity contribution in [2.75, 3.05) is 6.54 Å². The van der Waals surface area contributed by atoms with E-state index in [1.165, 1.54) is 6.07 Å². The molecule has 4 nitrogen and oxygen atoms in total. The molecule has 0 aliphatic heterocycles. The third-order valence-corrected chi connectivity index (χ3v) is 2.80. The average Bonchev–Trinajstić information content (AvgIpc) is 2.28. The molecule has 104 valence electrons. The summed E-state index contributed by atoms with van der Waals surface area (Å²) in [6.07, 6.45) is 1.92. The second-order valence-corrected chi connectivity index (χ2v) is 5.97. The lowest BCUT2D eigenvalue weighted by Crippen LogP contribution is -2.36. The van der Waals surface area contributed by atoms with Gasteiger partial charge in [-0.15, -0.1) is 0 Å². The Morgan fingerprint density at radius 1 is 1.47 bits per heavy atom. The number of benzene rings is 1. The Morgan fingerprint density at radius 2 is 2.11 bits per heavy atom. The Kier molecular flexibility index (Phi) is 5.09. The van der Waals surface area contributed by atoms with Gasteiger partial charge in [0.2, 0.25) is 0 Å². The molecule has 0 aromatic heterocycles. The Balaban J connectivity index is 2.86. The van der Waals surface area contributed by atoms with Crippen molar-refractivity contribution in [3.05, 3.63) is 44.5 Å². The third-order valence-electron chi connectivity index (χ3n) is 2.48. The van der Waals surface area contributed by atoms with Crippen molar-refractivity contribution < 1.29 is 4.92 Å². The summed E-state index contributed by atoms with van der Waals surface area (Å²) >= 11 is 5.77. The molecule has 0 amide bonds. The Labute approximate surface area is 118 Å². The normalized spacial score (nSPS) is 12.6. The van der Waals surface area contributed by atoms with Crippen LogP contribution in [-0.2, 0) is 0 Å². The minimum atomic E-state index is -0.470. The number of nitrogens with one attached hydrogen (secondary N) is 1. The molecule has 0 saturated heterocycles. The predicted molar refractivity (Wildman–Crippen MR) is 79.5 cm³/mol. The third kappa shape index (κ3) is 5.41. The van der Waals surface area contributed by atoms with Crippen LogP contribution in [0.1, 0.15) is 33.3 Å². The number of hydrogen-bond acceptors (Lipinski definition) is 3. The molecule has 0 spiro atoms. The Bertz CT molecular complexity index is 505. The van der Waals surface area contributed by atoms with Gasteiger partial charge in [-0.1, -0.05) is 29.3 Å². The zero-order valence-electron chi connectivity index (χ0n) is 11.7. The molecule has 19 heavy (non-hydrogen) atoms. The molecule has 1 aromatic rings. The first-order valence-electron chi connectivity index (χ1n) is 6.05. The highest BCUT2D eigenvalue weighted by Gasteiger charge is 2.12. The lowest BCUT2D eigenvalue weighted by molar-refractivity contribution is -0.384. The summed E-state index contributed by atoms with van der Waals surface area (Å²) in [4.78, 5) is 10.3. The Morgan fingerprint density at radius 3 is 2.63 bits per heavy atom. The van der Waals surface area contributed by atoms with Crippen molar-refractivity contribution in [1.29, 1.82) is 0 Å².